The fraction of sp³-hybridized carbons (Fsp3) is 0.600. The Labute approximate surface area is 124 Å². The third-order valence-corrected chi connectivity index (χ3v) is 4.33. The van der Waals surface area contributed by atoms with Gasteiger partial charge in [-0.2, -0.15) is 0 Å². The van der Waals surface area contributed by atoms with Gasteiger partial charge < -0.3 is 14.3 Å². The SMILES string of the molecule is Cc1oc(CNC2CC2)cc1CN1CCn2cnnc2C1. The highest BCUT2D eigenvalue weighted by atomic mass is 16.3. The number of nitrogens with zero attached hydrogens (tertiary/aromatic N) is 4. The van der Waals surface area contributed by atoms with Crippen LogP contribution < -0.4 is 5.32 Å². The largest absolute Gasteiger partial charge is 0.465 e. The number of hydrogen-bond donors (Lipinski definition) is 1. The third-order valence-electron chi connectivity index (χ3n) is 4.33. The van der Waals surface area contributed by atoms with Crippen molar-refractivity contribution in [2.75, 3.05) is 6.54 Å². The van der Waals surface area contributed by atoms with Crippen molar-refractivity contribution in [1.82, 2.24) is 25.0 Å². The van der Waals surface area contributed by atoms with E-state index in [1.807, 2.05) is 6.33 Å². The summed E-state index contributed by atoms with van der Waals surface area (Å²) in [5.74, 6) is 3.14. The Morgan fingerprint density at radius 3 is 3.14 bits per heavy atom. The summed E-state index contributed by atoms with van der Waals surface area (Å²) in [5.41, 5.74) is 1.29. The number of aryl methyl sites for hydroxylation is 1. The molecule has 0 aromatic carbocycles. The molecule has 0 saturated heterocycles. The quantitative estimate of drug-likeness (QED) is 0.902. The number of aromatic nitrogens is 3. The molecule has 1 fully saturated rings. The van der Waals surface area contributed by atoms with E-state index in [0.29, 0.717) is 6.04 Å². The Hall–Kier alpha value is -1.66. The maximum absolute atomic E-state index is 5.87. The Balaban J connectivity index is 1.40. The van der Waals surface area contributed by atoms with Crippen LogP contribution in [0.25, 0.3) is 0 Å². The predicted molar refractivity (Wildman–Crippen MR) is 77.4 cm³/mol. The van der Waals surface area contributed by atoms with Crippen LogP contribution in [0.1, 0.15) is 35.7 Å². The summed E-state index contributed by atoms with van der Waals surface area (Å²) in [6.45, 7) is 6.69. The number of furan rings is 1. The molecule has 0 radical (unpaired) electrons. The first-order chi connectivity index (χ1) is 10.3. The van der Waals surface area contributed by atoms with E-state index in [0.717, 1.165) is 50.1 Å². The normalized spacial score (nSPS) is 18.9. The molecule has 0 spiro atoms. The van der Waals surface area contributed by atoms with Crippen molar-refractivity contribution in [3.63, 3.8) is 0 Å². The van der Waals surface area contributed by atoms with Crippen molar-refractivity contribution in [3.05, 3.63) is 35.3 Å². The average Bonchev–Trinajstić information content (AvgIpc) is 3.08. The van der Waals surface area contributed by atoms with Gasteiger partial charge in [-0.3, -0.25) is 4.90 Å². The van der Waals surface area contributed by atoms with Crippen molar-refractivity contribution in [2.24, 2.45) is 0 Å². The number of hydrogen-bond acceptors (Lipinski definition) is 5. The summed E-state index contributed by atoms with van der Waals surface area (Å²) >= 11 is 0. The van der Waals surface area contributed by atoms with Gasteiger partial charge in [0.15, 0.2) is 0 Å². The van der Waals surface area contributed by atoms with Crippen molar-refractivity contribution in [1.29, 1.82) is 0 Å². The highest BCUT2D eigenvalue weighted by molar-refractivity contribution is 5.21. The van der Waals surface area contributed by atoms with Crippen LogP contribution in [0.2, 0.25) is 0 Å². The van der Waals surface area contributed by atoms with Crippen molar-refractivity contribution in [2.45, 2.75) is 52.0 Å². The molecule has 21 heavy (non-hydrogen) atoms. The van der Waals surface area contributed by atoms with Crippen LogP contribution in [0.5, 0.6) is 0 Å². The van der Waals surface area contributed by atoms with Gasteiger partial charge in [0.05, 0.1) is 13.1 Å². The lowest BCUT2D eigenvalue weighted by atomic mass is 10.2. The van der Waals surface area contributed by atoms with E-state index in [1.54, 1.807) is 0 Å². The molecule has 2 aromatic heterocycles. The van der Waals surface area contributed by atoms with Crippen LogP contribution in [0.3, 0.4) is 0 Å². The second kappa shape index (κ2) is 5.27. The lowest BCUT2D eigenvalue weighted by Gasteiger charge is -2.26. The minimum atomic E-state index is 0.715. The van der Waals surface area contributed by atoms with Gasteiger partial charge in [0.2, 0.25) is 0 Å². The van der Waals surface area contributed by atoms with E-state index in [9.17, 15) is 0 Å². The molecule has 1 N–H and O–H groups in total. The van der Waals surface area contributed by atoms with Crippen LogP contribution in [0, 0.1) is 6.92 Å². The molecule has 112 valence electrons. The summed E-state index contributed by atoms with van der Waals surface area (Å²) in [7, 11) is 0. The fourth-order valence-electron chi connectivity index (χ4n) is 2.86. The van der Waals surface area contributed by atoms with Crippen LogP contribution in [-0.2, 0) is 26.2 Å². The molecule has 1 aliphatic heterocycles. The van der Waals surface area contributed by atoms with Crippen LogP contribution in [0.4, 0.5) is 0 Å². The van der Waals surface area contributed by atoms with Gasteiger partial charge in [0, 0.05) is 31.2 Å². The zero-order valence-electron chi connectivity index (χ0n) is 12.4. The number of nitrogens with one attached hydrogen (secondary N) is 1. The molecule has 2 aliphatic rings. The lowest BCUT2D eigenvalue weighted by molar-refractivity contribution is 0.207. The summed E-state index contributed by atoms with van der Waals surface area (Å²) in [6.07, 6.45) is 4.43. The van der Waals surface area contributed by atoms with E-state index >= 15 is 0 Å². The number of fused-ring (bicyclic) bond motifs is 1. The predicted octanol–water partition coefficient (Wildman–Crippen LogP) is 1.45. The van der Waals surface area contributed by atoms with Gasteiger partial charge in [-0.15, -0.1) is 10.2 Å². The van der Waals surface area contributed by atoms with Gasteiger partial charge in [-0.1, -0.05) is 0 Å². The highest BCUT2D eigenvalue weighted by Gasteiger charge is 2.22. The van der Waals surface area contributed by atoms with E-state index in [1.165, 1.54) is 18.4 Å². The Bertz CT molecular complexity index is 628. The third kappa shape index (κ3) is 2.87. The minimum absolute atomic E-state index is 0.715. The molecule has 1 saturated carbocycles. The molecule has 3 heterocycles. The standard InChI is InChI=1S/C15H21N5O/c1-11-12(6-14(21-11)7-16-13-2-3-13)8-19-4-5-20-10-17-18-15(20)9-19/h6,10,13,16H,2-5,7-9H2,1H3. The Kier molecular flexibility index (Phi) is 3.27. The average molecular weight is 287 g/mol. The lowest BCUT2D eigenvalue weighted by Crippen LogP contribution is -2.33. The fourth-order valence-corrected chi connectivity index (χ4v) is 2.86. The molecule has 6 heteroatoms. The molecule has 0 amide bonds. The van der Waals surface area contributed by atoms with Crippen LogP contribution >= 0.6 is 0 Å². The maximum Gasteiger partial charge on any atom is 0.147 e. The van der Waals surface area contributed by atoms with Gasteiger partial charge in [0.1, 0.15) is 23.7 Å². The second-order valence-electron chi connectivity index (χ2n) is 6.10. The molecule has 0 bridgehead atoms. The monoisotopic (exact) mass is 287 g/mol. The highest BCUT2D eigenvalue weighted by Crippen LogP contribution is 2.22. The zero-order chi connectivity index (χ0) is 14.2. The first-order valence-corrected chi connectivity index (χ1v) is 7.68. The minimum Gasteiger partial charge on any atom is -0.465 e. The Morgan fingerprint density at radius 2 is 2.29 bits per heavy atom. The summed E-state index contributed by atoms with van der Waals surface area (Å²) in [4.78, 5) is 2.40. The topological polar surface area (TPSA) is 59.1 Å². The van der Waals surface area contributed by atoms with Gasteiger partial charge >= 0.3 is 0 Å². The van der Waals surface area contributed by atoms with Crippen LogP contribution in [-0.4, -0.2) is 32.3 Å². The maximum atomic E-state index is 5.87. The summed E-state index contributed by atoms with van der Waals surface area (Å²) in [6, 6.07) is 2.91. The van der Waals surface area contributed by atoms with E-state index in [2.05, 4.69) is 38.0 Å². The first-order valence-electron chi connectivity index (χ1n) is 7.68. The van der Waals surface area contributed by atoms with Gasteiger partial charge in [-0.05, 0) is 25.8 Å². The molecule has 0 unspecified atom stereocenters. The zero-order valence-corrected chi connectivity index (χ0v) is 12.4. The van der Waals surface area contributed by atoms with Crippen molar-refractivity contribution < 1.29 is 4.42 Å². The number of rotatable bonds is 5. The van der Waals surface area contributed by atoms with Crippen molar-refractivity contribution >= 4 is 0 Å². The molecule has 1 aliphatic carbocycles. The van der Waals surface area contributed by atoms with Gasteiger partial charge in [-0.25, -0.2) is 0 Å². The van der Waals surface area contributed by atoms with Crippen LogP contribution in [0.15, 0.2) is 16.8 Å². The summed E-state index contributed by atoms with van der Waals surface area (Å²) in [5, 5.41) is 11.6. The molecule has 2 aromatic rings. The molecule has 6 nitrogen and oxygen atoms in total. The Morgan fingerprint density at radius 1 is 1.38 bits per heavy atom. The van der Waals surface area contributed by atoms with E-state index in [4.69, 9.17) is 4.42 Å². The summed E-state index contributed by atoms with van der Waals surface area (Å²) < 4.78 is 8.00. The first kappa shape index (κ1) is 13.0. The van der Waals surface area contributed by atoms with Gasteiger partial charge in [0.25, 0.3) is 0 Å². The molecule has 4 rings (SSSR count). The van der Waals surface area contributed by atoms with Crippen molar-refractivity contribution in [3.8, 4) is 0 Å². The smallest absolute Gasteiger partial charge is 0.147 e. The second-order valence-corrected chi connectivity index (χ2v) is 6.10. The van der Waals surface area contributed by atoms with E-state index in [-0.39, 0.29) is 0 Å². The molecular formula is C15H21N5O. The molecular weight excluding hydrogens is 266 g/mol. The molecule has 0 atom stereocenters. The van der Waals surface area contributed by atoms with E-state index < -0.39 is 0 Å².